The maximum Gasteiger partial charge on any atom is 0.255 e. The molecule has 2 aliphatic heterocycles. The molecule has 1 atom stereocenters. The van der Waals surface area contributed by atoms with Gasteiger partial charge in [0.05, 0.1) is 22.4 Å². The van der Waals surface area contributed by atoms with Crippen LogP contribution < -0.4 is 10.6 Å². The summed E-state index contributed by atoms with van der Waals surface area (Å²) in [5, 5.41) is 6.05. The van der Waals surface area contributed by atoms with Gasteiger partial charge in [0.1, 0.15) is 0 Å². The number of amides is 1. The summed E-state index contributed by atoms with van der Waals surface area (Å²) in [6.07, 6.45) is 4.33. The maximum absolute atomic E-state index is 13.2. The molecule has 2 aromatic rings. The molecule has 0 radical (unpaired) electrons. The quantitative estimate of drug-likeness (QED) is 0.659. The first-order valence-electron chi connectivity index (χ1n) is 10.1. The minimum absolute atomic E-state index is 0.0276. The van der Waals surface area contributed by atoms with Crippen LogP contribution >= 0.6 is 11.8 Å². The van der Waals surface area contributed by atoms with Crippen LogP contribution in [0.4, 0.5) is 0 Å². The van der Waals surface area contributed by atoms with E-state index in [9.17, 15) is 14.4 Å². The molecule has 0 saturated carbocycles. The van der Waals surface area contributed by atoms with E-state index < -0.39 is 11.4 Å². The molecule has 9 heteroatoms. The Hall–Kier alpha value is -2.91. The van der Waals surface area contributed by atoms with Crippen LogP contribution in [0.1, 0.15) is 51.9 Å². The Bertz CT molecular complexity index is 1040. The number of hydrogen-bond acceptors (Lipinski definition) is 8. The van der Waals surface area contributed by atoms with Gasteiger partial charge in [-0.25, -0.2) is 0 Å². The number of furan rings is 1. The number of Topliss-reactive ketones (excluding diaryl/α,β-unsaturated/α-hetero) is 2. The van der Waals surface area contributed by atoms with Crippen molar-refractivity contribution in [1.29, 1.82) is 0 Å². The number of ketones is 2. The topological polar surface area (TPSA) is 111 Å². The number of allylic oxidation sites excluding steroid dienone is 1. The first-order chi connectivity index (χ1) is 14.9. The van der Waals surface area contributed by atoms with Crippen LogP contribution in [0.2, 0.25) is 0 Å². The normalized spacial score (nSPS) is 19.2. The van der Waals surface area contributed by atoms with Gasteiger partial charge >= 0.3 is 0 Å². The molecule has 2 N–H and O–H groups in total. The monoisotopic (exact) mass is 441 g/mol. The van der Waals surface area contributed by atoms with E-state index in [4.69, 9.17) is 9.15 Å². The predicted octanol–water partition coefficient (Wildman–Crippen LogP) is 2.90. The zero-order valence-electron chi connectivity index (χ0n) is 17.3. The lowest BCUT2D eigenvalue weighted by Crippen LogP contribution is -2.39. The van der Waals surface area contributed by atoms with E-state index in [0.717, 1.165) is 0 Å². The van der Waals surface area contributed by atoms with E-state index >= 15 is 0 Å². The molecule has 31 heavy (non-hydrogen) atoms. The third-order valence-electron chi connectivity index (χ3n) is 5.31. The predicted molar refractivity (Wildman–Crippen MR) is 115 cm³/mol. The number of carbonyl (C=O) groups is 3. The summed E-state index contributed by atoms with van der Waals surface area (Å²) in [6.45, 7) is 4.29. The molecule has 0 aromatic carbocycles. The van der Waals surface area contributed by atoms with Gasteiger partial charge < -0.3 is 19.8 Å². The number of pyridine rings is 1. The van der Waals surface area contributed by atoms with Gasteiger partial charge in [0, 0.05) is 36.6 Å². The number of aryl methyl sites for hydroxylation is 1. The lowest BCUT2D eigenvalue weighted by molar-refractivity contribution is -0.121. The smallest absolute Gasteiger partial charge is 0.255 e. The van der Waals surface area contributed by atoms with Crippen LogP contribution in [0.5, 0.6) is 0 Å². The second-order valence-electron chi connectivity index (χ2n) is 7.46. The van der Waals surface area contributed by atoms with Gasteiger partial charge in [-0.15, -0.1) is 0 Å². The van der Waals surface area contributed by atoms with E-state index in [-0.39, 0.29) is 23.0 Å². The molecule has 0 bridgehead atoms. The fraction of sp³-hybridized carbons (Fsp3) is 0.364. The van der Waals surface area contributed by atoms with Crippen molar-refractivity contribution in [3.63, 3.8) is 0 Å². The van der Waals surface area contributed by atoms with Crippen molar-refractivity contribution in [3.8, 4) is 0 Å². The van der Waals surface area contributed by atoms with Gasteiger partial charge in [-0.3, -0.25) is 19.4 Å². The van der Waals surface area contributed by atoms with Gasteiger partial charge in [0.2, 0.25) is 0 Å². The highest BCUT2D eigenvalue weighted by atomic mass is 32.2. The third-order valence-corrected chi connectivity index (χ3v) is 6.42. The highest BCUT2D eigenvalue weighted by molar-refractivity contribution is 8.05. The van der Waals surface area contributed by atoms with E-state index in [1.807, 2.05) is 0 Å². The van der Waals surface area contributed by atoms with E-state index in [2.05, 4.69) is 15.6 Å². The number of ether oxygens (including phenoxy) is 1. The first kappa shape index (κ1) is 21.3. The van der Waals surface area contributed by atoms with Crippen molar-refractivity contribution < 1.29 is 23.5 Å². The Morgan fingerprint density at radius 3 is 2.71 bits per heavy atom. The molecule has 162 valence electrons. The number of carbonyl (C=O) groups excluding carboxylic acids is 3. The highest BCUT2D eigenvalue weighted by Gasteiger charge is 2.35. The summed E-state index contributed by atoms with van der Waals surface area (Å²) in [7, 11) is 0. The Balaban J connectivity index is 1.52. The minimum atomic E-state index is -0.562. The Labute approximate surface area is 183 Å². The third kappa shape index (κ3) is 4.57. The SMILES string of the molecule is CC(=O)c1cc(C(=O)NC2NC(c3ccco3)=C(C(=O)C3CCOCC3)S2)cnc1C. The van der Waals surface area contributed by atoms with Crippen LogP contribution in [0, 0.1) is 12.8 Å². The van der Waals surface area contributed by atoms with Crippen LogP contribution in [-0.4, -0.2) is 41.2 Å². The molecule has 0 aliphatic carbocycles. The molecule has 4 heterocycles. The molecule has 2 aliphatic rings. The van der Waals surface area contributed by atoms with Gasteiger partial charge in [-0.1, -0.05) is 11.8 Å². The Kier molecular flexibility index (Phi) is 6.24. The average Bonchev–Trinajstić information content (AvgIpc) is 3.44. The summed E-state index contributed by atoms with van der Waals surface area (Å²) < 4.78 is 10.9. The largest absolute Gasteiger partial charge is 0.463 e. The van der Waals surface area contributed by atoms with Gasteiger partial charge in [0.15, 0.2) is 22.8 Å². The summed E-state index contributed by atoms with van der Waals surface area (Å²) in [4.78, 5) is 42.5. The number of hydrogen-bond donors (Lipinski definition) is 2. The number of rotatable bonds is 6. The zero-order chi connectivity index (χ0) is 22.0. The van der Waals surface area contributed by atoms with Crippen LogP contribution in [0.3, 0.4) is 0 Å². The van der Waals surface area contributed by atoms with Crippen LogP contribution in [-0.2, 0) is 9.53 Å². The van der Waals surface area contributed by atoms with Crippen molar-refractivity contribution in [2.45, 2.75) is 32.2 Å². The molecule has 8 nitrogen and oxygen atoms in total. The fourth-order valence-electron chi connectivity index (χ4n) is 3.61. The standard InChI is InChI=1S/C22H23N3O5S/c1-12-16(13(2)26)10-15(11-23-12)21(28)25-22-24-18(17-4-3-7-30-17)20(31-22)19(27)14-5-8-29-9-6-14/h3-4,7,10-11,14,22,24H,5-6,8-9H2,1-2H3,(H,25,28). The molecule has 1 saturated heterocycles. The molecular weight excluding hydrogens is 418 g/mol. The molecule has 1 unspecified atom stereocenters. The van der Waals surface area contributed by atoms with Crippen molar-refractivity contribution in [2.75, 3.05) is 13.2 Å². The van der Waals surface area contributed by atoms with Gasteiger partial charge in [-0.05, 0) is 44.9 Å². The van der Waals surface area contributed by atoms with Crippen molar-refractivity contribution in [1.82, 2.24) is 15.6 Å². The van der Waals surface area contributed by atoms with Crippen molar-refractivity contribution in [2.24, 2.45) is 5.92 Å². The Morgan fingerprint density at radius 2 is 2.03 bits per heavy atom. The molecular formula is C22H23N3O5S. The highest BCUT2D eigenvalue weighted by Crippen LogP contribution is 2.38. The molecule has 1 amide bonds. The van der Waals surface area contributed by atoms with E-state index in [0.29, 0.717) is 53.7 Å². The minimum Gasteiger partial charge on any atom is -0.463 e. The van der Waals surface area contributed by atoms with Gasteiger partial charge in [0.25, 0.3) is 5.91 Å². The Morgan fingerprint density at radius 1 is 1.26 bits per heavy atom. The summed E-state index contributed by atoms with van der Waals surface area (Å²) >= 11 is 1.25. The first-order valence-corrected chi connectivity index (χ1v) is 10.9. The lowest BCUT2D eigenvalue weighted by atomic mass is 9.94. The average molecular weight is 442 g/mol. The van der Waals surface area contributed by atoms with Gasteiger partial charge in [-0.2, -0.15) is 0 Å². The van der Waals surface area contributed by atoms with Crippen molar-refractivity contribution >= 4 is 34.9 Å². The van der Waals surface area contributed by atoms with Crippen LogP contribution in [0.25, 0.3) is 5.70 Å². The number of thioether (sulfide) groups is 1. The van der Waals surface area contributed by atoms with Crippen LogP contribution in [0.15, 0.2) is 40.0 Å². The van der Waals surface area contributed by atoms with E-state index in [1.165, 1.54) is 30.9 Å². The molecule has 2 aromatic heterocycles. The second kappa shape index (κ2) is 9.07. The lowest BCUT2D eigenvalue weighted by Gasteiger charge is -2.21. The number of nitrogens with zero attached hydrogens (tertiary/aromatic N) is 1. The van der Waals surface area contributed by atoms with Crippen molar-refractivity contribution in [3.05, 3.63) is 58.1 Å². The molecule has 4 rings (SSSR count). The number of aromatic nitrogens is 1. The summed E-state index contributed by atoms with van der Waals surface area (Å²) in [6, 6.07) is 5.06. The molecule has 1 fully saturated rings. The second-order valence-corrected chi connectivity index (χ2v) is 8.58. The molecule has 0 spiro atoms. The summed E-state index contributed by atoms with van der Waals surface area (Å²) in [5.74, 6) is -0.0927. The fourth-order valence-corrected chi connectivity index (χ4v) is 4.75. The van der Waals surface area contributed by atoms with E-state index in [1.54, 1.807) is 25.3 Å². The summed E-state index contributed by atoms with van der Waals surface area (Å²) in [5.41, 5.74) is 1.27. The zero-order valence-corrected chi connectivity index (χ0v) is 18.1. The number of nitrogens with one attached hydrogen (secondary N) is 2. The maximum atomic E-state index is 13.2.